The molecule has 0 aliphatic carbocycles. The Labute approximate surface area is 65.5 Å². The van der Waals surface area contributed by atoms with Crippen LogP contribution in [0.4, 0.5) is 0 Å². The number of allylic oxidation sites excluding steroid dienone is 1. The SMILES string of the molecule is CC/C(=C\C(N)=O)NC(C)=O. The second-order valence-electron chi connectivity index (χ2n) is 2.11. The molecule has 0 spiro atoms. The number of amides is 2. The summed E-state index contributed by atoms with van der Waals surface area (Å²) in [5.74, 6) is -0.741. The van der Waals surface area contributed by atoms with Gasteiger partial charge in [-0.3, -0.25) is 9.59 Å². The first-order valence-electron chi connectivity index (χ1n) is 3.33. The molecular formula is C7H12N2O2. The first kappa shape index (κ1) is 9.68. The standard InChI is InChI=1S/C7H12N2O2/c1-3-6(4-7(8)11)9-5(2)10/h4H,3H2,1-2H3,(H2,8,11)(H,9,10)/b6-4+. The maximum Gasteiger partial charge on any atom is 0.243 e. The molecule has 0 aromatic rings. The highest BCUT2D eigenvalue weighted by Crippen LogP contribution is 1.93. The van der Waals surface area contributed by atoms with Gasteiger partial charge in [0.1, 0.15) is 0 Å². The van der Waals surface area contributed by atoms with Crippen molar-refractivity contribution in [3.05, 3.63) is 11.8 Å². The van der Waals surface area contributed by atoms with E-state index in [1.165, 1.54) is 13.0 Å². The number of hydrogen-bond acceptors (Lipinski definition) is 2. The Morgan fingerprint density at radius 2 is 2.09 bits per heavy atom. The number of primary amides is 1. The van der Waals surface area contributed by atoms with Gasteiger partial charge in [-0.05, 0) is 6.42 Å². The van der Waals surface area contributed by atoms with Crippen molar-refractivity contribution in [1.29, 1.82) is 0 Å². The highest BCUT2D eigenvalue weighted by molar-refractivity contribution is 5.87. The van der Waals surface area contributed by atoms with Crippen LogP contribution in [-0.4, -0.2) is 11.8 Å². The molecule has 0 aliphatic rings. The van der Waals surface area contributed by atoms with Gasteiger partial charge >= 0.3 is 0 Å². The molecule has 0 saturated carbocycles. The van der Waals surface area contributed by atoms with Crippen LogP contribution in [0, 0.1) is 0 Å². The van der Waals surface area contributed by atoms with E-state index in [4.69, 9.17) is 5.73 Å². The highest BCUT2D eigenvalue weighted by Gasteiger charge is 1.97. The maximum absolute atomic E-state index is 10.5. The number of nitrogens with two attached hydrogens (primary N) is 1. The molecule has 3 N–H and O–H groups in total. The zero-order valence-corrected chi connectivity index (χ0v) is 6.68. The smallest absolute Gasteiger partial charge is 0.243 e. The lowest BCUT2D eigenvalue weighted by Crippen LogP contribution is -2.21. The fraction of sp³-hybridized carbons (Fsp3) is 0.429. The van der Waals surface area contributed by atoms with Gasteiger partial charge in [0.25, 0.3) is 0 Å². The molecular weight excluding hydrogens is 144 g/mol. The van der Waals surface area contributed by atoms with E-state index in [1.54, 1.807) is 0 Å². The molecule has 0 heterocycles. The molecule has 0 aromatic heterocycles. The Morgan fingerprint density at radius 3 is 2.36 bits per heavy atom. The maximum atomic E-state index is 10.5. The van der Waals surface area contributed by atoms with E-state index in [9.17, 15) is 9.59 Å². The normalized spacial score (nSPS) is 10.9. The van der Waals surface area contributed by atoms with Gasteiger partial charge in [0, 0.05) is 18.7 Å². The van der Waals surface area contributed by atoms with Crippen LogP contribution in [0.5, 0.6) is 0 Å². The summed E-state index contributed by atoms with van der Waals surface area (Å²) in [6.07, 6.45) is 1.80. The summed E-state index contributed by atoms with van der Waals surface area (Å²) in [7, 11) is 0. The Bertz CT molecular complexity index is 197. The molecule has 11 heavy (non-hydrogen) atoms. The quantitative estimate of drug-likeness (QED) is 0.560. The lowest BCUT2D eigenvalue weighted by molar-refractivity contribution is -0.118. The summed E-state index contributed by atoms with van der Waals surface area (Å²) in [4.78, 5) is 20.8. The van der Waals surface area contributed by atoms with Crippen molar-refractivity contribution in [2.45, 2.75) is 20.3 Å². The summed E-state index contributed by atoms with van der Waals surface area (Å²) in [6, 6.07) is 0. The largest absolute Gasteiger partial charge is 0.366 e. The van der Waals surface area contributed by atoms with Gasteiger partial charge in [-0.1, -0.05) is 6.92 Å². The molecule has 0 unspecified atom stereocenters. The summed E-state index contributed by atoms with van der Waals surface area (Å²) < 4.78 is 0. The van der Waals surface area contributed by atoms with Gasteiger partial charge in [0.05, 0.1) is 0 Å². The number of carbonyl (C=O) groups excluding carboxylic acids is 2. The van der Waals surface area contributed by atoms with Crippen molar-refractivity contribution < 1.29 is 9.59 Å². The molecule has 0 atom stereocenters. The summed E-state index contributed by atoms with van der Waals surface area (Å²) >= 11 is 0. The lowest BCUT2D eigenvalue weighted by Gasteiger charge is -2.02. The molecule has 4 nitrogen and oxygen atoms in total. The van der Waals surface area contributed by atoms with Crippen molar-refractivity contribution >= 4 is 11.8 Å². The minimum Gasteiger partial charge on any atom is -0.366 e. The van der Waals surface area contributed by atoms with Gasteiger partial charge in [0.15, 0.2) is 0 Å². The summed E-state index contributed by atoms with van der Waals surface area (Å²) in [5.41, 5.74) is 5.42. The molecule has 0 aliphatic heterocycles. The molecule has 0 aromatic carbocycles. The fourth-order valence-electron chi connectivity index (χ4n) is 0.624. The summed E-state index contributed by atoms with van der Waals surface area (Å²) in [6.45, 7) is 3.20. The van der Waals surface area contributed by atoms with Crippen LogP contribution >= 0.6 is 0 Å². The number of hydrogen-bond donors (Lipinski definition) is 2. The van der Waals surface area contributed by atoms with E-state index in [0.29, 0.717) is 12.1 Å². The molecule has 0 saturated heterocycles. The van der Waals surface area contributed by atoms with Gasteiger partial charge < -0.3 is 11.1 Å². The van der Waals surface area contributed by atoms with Crippen molar-refractivity contribution in [2.24, 2.45) is 5.73 Å². The predicted molar refractivity (Wildman–Crippen MR) is 41.4 cm³/mol. The second-order valence-corrected chi connectivity index (χ2v) is 2.11. The van der Waals surface area contributed by atoms with Crippen LogP contribution in [0.25, 0.3) is 0 Å². The molecule has 0 rings (SSSR count). The third kappa shape index (κ3) is 5.14. The minimum atomic E-state index is -0.546. The Morgan fingerprint density at radius 1 is 1.55 bits per heavy atom. The Hall–Kier alpha value is -1.32. The van der Waals surface area contributed by atoms with E-state index in [2.05, 4.69) is 5.32 Å². The number of carbonyl (C=O) groups is 2. The van der Waals surface area contributed by atoms with Crippen LogP contribution in [0.2, 0.25) is 0 Å². The van der Waals surface area contributed by atoms with Crippen LogP contribution < -0.4 is 11.1 Å². The van der Waals surface area contributed by atoms with Gasteiger partial charge in [-0.2, -0.15) is 0 Å². The average molecular weight is 156 g/mol. The van der Waals surface area contributed by atoms with E-state index >= 15 is 0 Å². The molecule has 2 amide bonds. The highest BCUT2D eigenvalue weighted by atomic mass is 16.2. The average Bonchev–Trinajstić information content (AvgIpc) is 1.84. The van der Waals surface area contributed by atoms with Crippen LogP contribution in [-0.2, 0) is 9.59 Å². The summed E-state index contributed by atoms with van der Waals surface area (Å²) in [5, 5.41) is 2.48. The lowest BCUT2D eigenvalue weighted by atomic mass is 10.3. The van der Waals surface area contributed by atoms with Crippen LogP contribution in [0.15, 0.2) is 11.8 Å². The van der Waals surface area contributed by atoms with Crippen LogP contribution in [0.1, 0.15) is 20.3 Å². The molecule has 4 heteroatoms. The molecule has 0 radical (unpaired) electrons. The third-order valence-corrected chi connectivity index (χ3v) is 1.03. The van der Waals surface area contributed by atoms with E-state index in [1.807, 2.05) is 6.92 Å². The fourth-order valence-corrected chi connectivity index (χ4v) is 0.624. The zero-order valence-electron chi connectivity index (χ0n) is 6.68. The number of nitrogens with one attached hydrogen (secondary N) is 1. The molecule has 0 bridgehead atoms. The molecule has 62 valence electrons. The van der Waals surface area contributed by atoms with Crippen LogP contribution in [0.3, 0.4) is 0 Å². The first-order valence-corrected chi connectivity index (χ1v) is 3.33. The molecule has 0 fully saturated rings. The monoisotopic (exact) mass is 156 g/mol. The first-order chi connectivity index (χ1) is 5.06. The van der Waals surface area contributed by atoms with Crippen molar-refractivity contribution in [3.8, 4) is 0 Å². The van der Waals surface area contributed by atoms with Crippen molar-refractivity contribution in [3.63, 3.8) is 0 Å². The van der Waals surface area contributed by atoms with E-state index < -0.39 is 5.91 Å². The Balaban J connectivity index is 4.16. The van der Waals surface area contributed by atoms with Crippen molar-refractivity contribution in [1.82, 2.24) is 5.32 Å². The topological polar surface area (TPSA) is 72.2 Å². The van der Waals surface area contributed by atoms with Crippen molar-refractivity contribution in [2.75, 3.05) is 0 Å². The van der Waals surface area contributed by atoms with Gasteiger partial charge in [-0.25, -0.2) is 0 Å². The zero-order chi connectivity index (χ0) is 8.85. The number of rotatable bonds is 3. The van der Waals surface area contributed by atoms with E-state index in [0.717, 1.165) is 0 Å². The second kappa shape index (κ2) is 4.49. The van der Waals surface area contributed by atoms with Gasteiger partial charge in [-0.15, -0.1) is 0 Å². The minimum absolute atomic E-state index is 0.195. The van der Waals surface area contributed by atoms with E-state index in [-0.39, 0.29) is 5.91 Å². The Kier molecular flexibility index (Phi) is 3.95. The third-order valence-electron chi connectivity index (χ3n) is 1.03. The predicted octanol–water partition coefficient (Wildman–Crippen LogP) is -0.0983. The van der Waals surface area contributed by atoms with Gasteiger partial charge in [0.2, 0.25) is 11.8 Å².